The number of pyridine rings is 1. The average molecular weight is 369 g/mol. The first-order valence-corrected chi connectivity index (χ1v) is 8.17. The summed E-state index contributed by atoms with van der Waals surface area (Å²) < 4.78 is 3.71. The van der Waals surface area contributed by atoms with Crippen molar-refractivity contribution in [2.75, 3.05) is 0 Å². The molecule has 0 spiro atoms. The van der Waals surface area contributed by atoms with Gasteiger partial charge in [-0.1, -0.05) is 29.8 Å². The van der Waals surface area contributed by atoms with Crippen LogP contribution in [0.25, 0.3) is 11.3 Å². The molecule has 9 heteroatoms. The van der Waals surface area contributed by atoms with E-state index in [9.17, 15) is 9.59 Å². The van der Waals surface area contributed by atoms with Crippen LogP contribution in [-0.4, -0.2) is 29.2 Å². The van der Waals surface area contributed by atoms with Gasteiger partial charge < -0.3 is 0 Å². The number of benzene rings is 1. The zero-order valence-corrected chi connectivity index (χ0v) is 14.5. The van der Waals surface area contributed by atoms with Crippen molar-refractivity contribution in [3.05, 3.63) is 85.8 Å². The highest BCUT2D eigenvalue weighted by Crippen LogP contribution is 2.16. The molecule has 0 N–H and O–H groups in total. The van der Waals surface area contributed by atoms with Gasteiger partial charge >= 0.3 is 5.69 Å². The monoisotopic (exact) mass is 368 g/mol. The molecule has 0 saturated carbocycles. The second-order valence-electron chi connectivity index (χ2n) is 5.80. The lowest BCUT2D eigenvalue weighted by atomic mass is 10.3. The van der Waals surface area contributed by atoms with Crippen molar-refractivity contribution < 1.29 is 0 Å². The molecule has 8 nitrogen and oxygen atoms in total. The lowest BCUT2D eigenvalue weighted by molar-refractivity contribution is 0.620. The van der Waals surface area contributed by atoms with Crippen LogP contribution in [0.2, 0.25) is 5.02 Å². The van der Waals surface area contributed by atoms with Crippen LogP contribution >= 0.6 is 11.6 Å². The molecule has 0 unspecified atom stereocenters. The molecule has 0 aliphatic carbocycles. The first kappa shape index (κ1) is 16.2. The van der Waals surface area contributed by atoms with Gasteiger partial charge in [-0.3, -0.25) is 9.20 Å². The predicted molar refractivity (Wildman–Crippen MR) is 95.9 cm³/mol. The Morgan fingerprint density at radius 1 is 1.08 bits per heavy atom. The highest BCUT2D eigenvalue weighted by molar-refractivity contribution is 6.32. The average Bonchev–Trinajstić information content (AvgIpc) is 2.97. The van der Waals surface area contributed by atoms with E-state index in [-0.39, 0.29) is 12.1 Å². The van der Waals surface area contributed by atoms with E-state index in [1.54, 1.807) is 36.5 Å². The van der Waals surface area contributed by atoms with Crippen molar-refractivity contribution in [1.29, 1.82) is 0 Å². The van der Waals surface area contributed by atoms with Crippen molar-refractivity contribution in [1.82, 2.24) is 29.2 Å². The van der Waals surface area contributed by atoms with Crippen LogP contribution in [0, 0.1) is 6.92 Å². The minimum Gasteiger partial charge on any atom is -0.269 e. The zero-order valence-electron chi connectivity index (χ0n) is 13.7. The molecule has 0 aliphatic rings. The SMILES string of the molecule is Cc1ccc2nc(Cn3nnn(-c4ccccc4Cl)c3=O)cc(=O)n2c1. The Morgan fingerprint density at radius 2 is 1.88 bits per heavy atom. The van der Waals surface area contributed by atoms with Gasteiger partial charge in [0, 0.05) is 12.3 Å². The number of para-hydroxylation sites is 1. The lowest BCUT2D eigenvalue weighted by Crippen LogP contribution is -2.26. The zero-order chi connectivity index (χ0) is 18.3. The molecular formula is C17H13ClN6O2. The quantitative estimate of drug-likeness (QED) is 0.546. The minimum absolute atomic E-state index is 0.0307. The Kier molecular flexibility index (Phi) is 3.89. The van der Waals surface area contributed by atoms with Crippen molar-refractivity contribution in [2.24, 2.45) is 0 Å². The maximum absolute atomic E-state index is 12.6. The third kappa shape index (κ3) is 2.80. The Labute approximate surface area is 151 Å². The van der Waals surface area contributed by atoms with E-state index in [1.807, 2.05) is 13.0 Å². The summed E-state index contributed by atoms with van der Waals surface area (Å²) in [6.07, 6.45) is 1.72. The van der Waals surface area contributed by atoms with Crippen LogP contribution in [0.15, 0.2) is 58.3 Å². The fourth-order valence-corrected chi connectivity index (χ4v) is 2.86. The fraction of sp³-hybridized carbons (Fsp3) is 0.118. The largest absolute Gasteiger partial charge is 0.368 e. The Morgan fingerprint density at radius 3 is 2.69 bits per heavy atom. The third-order valence-corrected chi connectivity index (χ3v) is 4.21. The van der Waals surface area contributed by atoms with Crippen molar-refractivity contribution >= 4 is 17.2 Å². The number of aromatic nitrogens is 6. The lowest BCUT2D eigenvalue weighted by Gasteiger charge is -2.04. The standard InChI is InChI=1S/C17H13ClN6O2/c1-11-6-7-15-19-12(8-16(25)22(15)9-11)10-23-17(26)24(21-20-23)14-5-3-2-4-13(14)18/h2-9H,10H2,1H3. The van der Waals surface area contributed by atoms with E-state index in [0.717, 1.165) is 14.9 Å². The highest BCUT2D eigenvalue weighted by Gasteiger charge is 2.13. The molecule has 0 saturated heterocycles. The van der Waals surface area contributed by atoms with Crippen LogP contribution in [0.3, 0.4) is 0 Å². The predicted octanol–water partition coefficient (Wildman–Crippen LogP) is 1.45. The van der Waals surface area contributed by atoms with Gasteiger partial charge in [-0.2, -0.15) is 9.36 Å². The van der Waals surface area contributed by atoms with E-state index >= 15 is 0 Å². The van der Waals surface area contributed by atoms with Gasteiger partial charge in [-0.05, 0) is 41.1 Å². The molecule has 0 bridgehead atoms. The van der Waals surface area contributed by atoms with Gasteiger partial charge in [-0.25, -0.2) is 9.78 Å². The molecule has 1 aromatic carbocycles. The normalized spacial score (nSPS) is 11.2. The summed E-state index contributed by atoms with van der Waals surface area (Å²) in [5.41, 5.74) is 1.63. The summed E-state index contributed by atoms with van der Waals surface area (Å²) in [5.74, 6) is 0. The smallest absolute Gasteiger partial charge is 0.269 e. The second-order valence-corrected chi connectivity index (χ2v) is 6.21. The summed E-state index contributed by atoms with van der Waals surface area (Å²) in [6, 6.07) is 11.8. The molecule has 4 rings (SSSR count). The number of hydrogen-bond acceptors (Lipinski definition) is 5. The van der Waals surface area contributed by atoms with Gasteiger partial charge in [0.15, 0.2) is 0 Å². The van der Waals surface area contributed by atoms with E-state index < -0.39 is 5.69 Å². The first-order chi connectivity index (χ1) is 12.5. The number of nitrogens with zero attached hydrogens (tertiary/aromatic N) is 6. The number of rotatable bonds is 3. The number of hydrogen-bond donors (Lipinski definition) is 0. The van der Waals surface area contributed by atoms with E-state index in [4.69, 9.17) is 11.6 Å². The van der Waals surface area contributed by atoms with Crippen LogP contribution in [0.5, 0.6) is 0 Å². The summed E-state index contributed by atoms with van der Waals surface area (Å²) in [7, 11) is 0. The minimum atomic E-state index is -0.469. The Balaban J connectivity index is 1.74. The summed E-state index contributed by atoms with van der Waals surface area (Å²) in [5, 5.41) is 8.11. The molecule has 0 aliphatic heterocycles. The molecule has 3 heterocycles. The second kappa shape index (κ2) is 6.23. The number of aryl methyl sites for hydroxylation is 1. The van der Waals surface area contributed by atoms with Crippen LogP contribution in [0.4, 0.5) is 0 Å². The third-order valence-electron chi connectivity index (χ3n) is 3.89. The summed E-state index contributed by atoms with van der Waals surface area (Å²) in [6.45, 7) is 1.93. The van der Waals surface area contributed by atoms with E-state index in [1.165, 1.54) is 10.5 Å². The van der Waals surface area contributed by atoms with Gasteiger partial charge in [0.1, 0.15) is 5.65 Å². The molecule has 0 radical (unpaired) electrons. The topological polar surface area (TPSA) is 87.1 Å². The van der Waals surface area contributed by atoms with E-state index in [0.29, 0.717) is 22.1 Å². The van der Waals surface area contributed by atoms with E-state index in [2.05, 4.69) is 15.4 Å². The van der Waals surface area contributed by atoms with Gasteiger partial charge in [-0.15, -0.1) is 0 Å². The van der Waals surface area contributed by atoms with Crippen molar-refractivity contribution in [3.8, 4) is 5.69 Å². The number of halogens is 1. The van der Waals surface area contributed by atoms with Gasteiger partial charge in [0.2, 0.25) is 0 Å². The molecule has 4 aromatic rings. The van der Waals surface area contributed by atoms with Crippen molar-refractivity contribution in [3.63, 3.8) is 0 Å². The molecule has 0 fully saturated rings. The number of fused-ring (bicyclic) bond motifs is 1. The van der Waals surface area contributed by atoms with Gasteiger partial charge in [0.05, 0.1) is 22.9 Å². The maximum Gasteiger partial charge on any atom is 0.368 e. The molecule has 0 atom stereocenters. The summed E-state index contributed by atoms with van der Waals surface area (Å²) in [4.78, 5) is 29.2. The highest BCUT2D eigenvalue weighted by atomic mass is 35.5. The maximum atomic E-state index is 12.6. The Hall–Kier alpha value is -3.26. The molecule has 3 aromatic heterocycles. The van der Waals surface area contributed by atoms with Crippen LogP contribution < -0.4 is 11.2 Å². The molecule has 130 valence electrons. The van der Waals surface area contributed by atoms with Crippen molar-refractivity contribution in [2.45, 2.75) is 13.5 Å². The fourth-order valence-electron chi connectivity index (χ4n) is 2.64. The summed E-state index contributed by atoms with van der Waals surface area (Å²) >= 11 is 6.11. The number of tetrazole rings is 1. The van der Waals surface area contributed by atoms with Crippen LogP contribution in [-0.2, 0) is 6.54 Å². The Bertz CT molecular complexity index is 1240. The molecule has 26 heavy (non-hydrogen) atoms. The first-order valence-electron chi connectivity index (χ1n) is 7.79. The van der Waals surface area contributed by atoms with Crippen LogP contribution in [0.1, 0.15) is 11.3 Å². The molecule has 0 amide bonds. The van der Waals surface area contributed by atoms with Gasteiger partial charge in [0.25, 0.3) is 5.56 Å². The molecular weight excluding hydrogens is 356 g/mol.